The van der Waals surface area contributed by atoms with Crippen LogP contribution < -0.4 is 5.32 Å². The van der Waals surface area contributed by atoms with E-state index in [4.69, 9.17) is 13.8 Å². The summed E-state index contributed by atoms with van der Waals surface area (Å²) in [4.78, 5) is 37.7. The van der Waals surface area contributed by atoms with Crippen molar-refractivity contribution in [3.05, 3.63) is 36.5 Å². The van der Waals surface area contributed by atoms with Crippen molar-refractivity contribution in [1.29, 1.82) is 0 Å². The predicted molar refractivity (Wildman–Crippen MR) is 323 cm³/mol. The highest BCUT2D eigenvalue weighted by Gasteiger charge is 2.30. The normalized spacial score (nSPS) is 13.9. The van der Waals surface area contributed by atoms with Crippen LogP contribution in [0.5, 0.6) is 0 Å². The number of esters is 1. The second-order valence-electron chi connectivity index (χ2n) is 23.3. The number of nitrogens with zero attached hydrogens (tertiary/aromatic N) is 1. The molecule has 0 rings (SSSR count). The Labute approximate surface area is 466 Å². The van der Waals surface area contributed by atoms with Gasteiger partial charge < -0.3 is 19.4 Å². The minimum Gasteiger partial charge on any atom is -0.456 e. The van der Waals surface area contributed by atoms with Crippen LogP contribution >= 0.6 is 7.82 Å². The molecule has 0 bridgehead atoms. The number of allylic oxidation sites excluding steroid dienone is 5. The summed E-state index contributed by atoms with van der Waals surface area (Å²) in [6.45, 7) is 7.02. The van der Waals surface area contributed by atoms with E-state index in [-0.39, 0.29) is 25.1 Å². The summed E-state index contributed by atoms with van der Waals surface area (Å²) in [5.74, 6) is -0.491. The molecule has 10 heteroatoms. The monoisotopic (exact) mass is 1080 g/mol. The van der Waals surface area contributed by atoms with Crippen LogP contribution in [-0.2, 0) is 27.9 Å². The van der Waals surface area contributed by atoms with Crippen LogP contribution in [0.25, 0.3) is 0 Å². The summed E-state index contributed by atoms with van der Waals surface area (Å²) in [6.07, 6.45) is 67.2. The van der Waals surface area contributed by atoms with Gasteiger partial charge in [-0.2, -0.15) is 0 Å². The van der Waals surface area contributed by atoms with Gasteiger partial charge >= 0.3 is 13.8 Å². The molecule has 75 heavy (non-hydrogen) atoms. The third-order valence-electron chi connectivity index (χ3n) is 14.6. The Hall–Kier alpha value is -1.77. The van der Waals surface area contributed by atoms with Gasteiger partial charge in [0.1, 0.15) is 19.3 Å². The maximum atomic E-state index is 13.6. The fraction of sp³-hybridized carbons (Fsp3) is 0.877. The Bertz CT molecular complexity index is 1380. The molecule has 3 unspecified atom stereocenters. The highest BCUT2D eigenvalue weighted by atomic mass is 31.2. The number of ether oxygens (including phenoxy) is 1. The van der Waals surface area contributed by atoms with E-state index >= 15 is 0 Å². The van der Waals surface area contributed by atoms with E-state index in [0.717, 1.165) is 64.2 Å². The number of rotatable bonds is 59. The third kappa shape index (κ3) is 56.8. The molecular weight excluding hydrogens is 952 g/mol. The third-order valence-corrected chi connectivity index (χ3v) is 15.6. The zero-order valence-corrected chi connectivity index (χ0v) is 51.5. The smallest absolute Gasteiger partial charge is 0.456 e. The topological polar surface area (TPSA) is 111 Å². The average Bonchev–Trinajstić information content (AvgIpc) is 3.37. The Morgan fingerprint density at radius 1 is 0.467 bits per heavy atom. The molecule has 0 aromatic carbocycles. The molecule has 2 N–H and O–H groups in total. The molecule has 0 heterocycles. The molecule has 0 aromatic rings. The van der Waals surface area contributed by atoms with Gasteiger partial charge in [0.05, 0.1) is 33.8 Å². The Balaban J connectivity index is 5.04. The van der Waals surface area contributed by atoms with Crippen molar-refractivity contribution in [2.24, 2.45) is 0 Å². The van der Waals surface area contributed by atoms with Crippen molar-refractivity contribution in [3.8, 4) is 0 Å². The molecule has 0 saturated heterocycles. The van der Waals surface area contributed by atoms with Crippen LogP contribution in [0.4, 0.5) is 0 Å². The van der Waals surface area contributed by atoms with E-state index in [1.54, 1.807) is 0 Å². The first kappa shape index (κ1) is 73.2. The lowest BCUT2D eigenvalue weighted by Crippen LogP contribution is -2.47. The molecule has 3 atom stereocenters. The zero-order valence-electron chi connectivity index (χ0n) is 50.6. The number of likely N-dealkylation sites (N-methyl/N-ethyl adjacent to an activating group) is 1. The number of unbranched alkanes of at least 4 members (excludes halogenated alkanes) is 39. The van der Waals surface area contributed by atoms with Gasteiger partial charge in [-0.1, -0.05) is 276 Å². The highest BCUT2D eigenvalue weighted by molar-refractivity contribution is 7.47. The van der Waals surface area contributed by atoms with E-state index < -0.39 is 20.0 Å². The number of nitrogens with one attached hydrogen (secondary N) is 1. The number of phosphoric ester groups is 1. The first-order valence-electron chi connectivity index (χ1n) is 32.3. The molecule has 0 saturated carbocycles. The number of hydrogen-bond donors (Lipinski definition) is 2. The Kier molecular flexibility index (Phi) is 54.2. The van der Waals surface area contributed by atoms with E-state index in [9.17, 15) is 19.0 Å². The standard InChI is InChI=1S/C65H125N2O7P/c1-7-10-13-16-19-22-25-27-28-29-30-31-32-33-34-35-36-37-38-40-43-45-48-51-54-57-64(68)66-62(61-73-75(70,71)72-60-59-67(4,5)6)63(56-53-50-47-44-42-39-26-23-20-17-14-11-8-2)74-65(69)58-55-52-49-46-41-24-21-18-15-12-9-3/h19,22,27-28,53,56,62-63H,7-18,20-21,23-26,29-52,54-55,57-61H2,1-6H3,(H-,66,68,70,71)/p+1/b22-19-,28-27-,56-53+. The lowest BCUT2D eigenvalue weighted by atomic mass is 10.0. The van der Waals surface area contributed by atoms with Crippen LogP contribution in [0.1, 0.15) is 316 Å². The number of quaternary nitrogens is 1. The molecule has 442 valence electrons. The van der Waals surface area contributed by atoms with E-state index in [1.807, 2.05) is 33.3 Å². The van der Waals surface area contributed by atoms with Gasteiger partial charge in [0, 0.05) is 12.8 Å². The van der Waals surface area contributed by atoms with Gasteiger partial charge in [0.15, 0.2) is 0 Å². The zero-order chi connectivity index (χ0) is 55.0. The van der Waals surface area contributed by atoms with Gasteiger partial charge in [-0.15, -0.1) is 0 Å². The average molecular weight is 1080 g/mol. The SMILES string of the molecule is CCCCC/C=C\C/C=C\CCCCCCCCCCCCCCCCCC(=O)NC(COP(=O)(O)OCC[N+](C)(C)C)C(/C=C/CCCCCCCCCCCCC)OC(=O)CCCCCCCCCCCCC. The van der Waals surface area contributed by atoms with Crippen molar-refractivity contribution in [2.45, 2.75) is 328 Å². The van der Waals surface area contributed by atoms with E-state index in [0.29, 0.717) is 23.9 Å². The Morgan fingerprint density at radius 3 is 1.23 bits per heavy atom. The molecule has 9 nitrogen and oxygen atoms in total. The quantitative estimate of drug-likeness (QED) is 0.0205. The van der Waals surface area contributed by atoms with Crippen molar-refractivity contribution in [3.63, 3.8) is 0 Å². The Morgan fingerprint density at radius 2 is 0.813 bits per heavy atom. The van der Waals surface area contributed by atoms with Gasteiger partial charge in [-0.25, -0.2) is 4.57 Å². The molecule has 0 aliphatic heterocycles. The fourth-order valence-electron chi connectivity index (χ4n) is 9.56. The number of carbonyl (C=O) groups excluding carboxylic acids is 2. The highest BCUT2D eigenvalue weighted by Crippen LogP contribution is 2.43. The van der Waals surface area contributed by atoms with Crippen LogP contribution in [0.15, 0.2) is 36.5 Å². The van der Waals surface area contributed by atoms with Crippen LogP contribution in [-0.4, -0.2) is 74.3 Å². The fourth-order valence-corrected chi connectivity index (χ4v) is 10.3. The van der Waals surface area contributed by atoms with Crippen molar-refractivity contribution >= 4 is 19.7 Å². The second kappa shape index (κ2) is 55.5. The summed E-state index contributed by atoms with van der Waals surface area (Å²) in [6, 6.07) is -0.843. The molecule has 0 spiro atoms. The first-order valence-corrected chi connectivity index (χ1v) is 33.8. The molecule has 0 aliphatic rings. The molecule has 1 amide bonds. The minimum absolute atomic E-state index is 0.0432. The summed E-state index contributed by atoms with van der Waals surface area (Å²) in [7, 11) is 1.51. The molecule has 0 aliphatic carbocycles. The minimum atomic E-state index is -4.44. The van der Waals surface area contributed by atoms with Crippen molar-refractivity contribution in [2.75, 3.05) is 40.9 Å². The molecule has 0 aromatic heterocycles. The van der Waals surface area contributed by atoms with Crippen LogP contribution in [0, 0.1) is 0 Å². The summed E-state index contributed by atoms with van der Waals surface area (Å²) in [5.41, 5.74) is 0. The largest absolute Gasteiger partial charge is 0.472 e. The summed E-state index contributed by atoms with van der Waals surface area (Å²) < 4.78 is 30.7. The maximum absolute atomic E-state index is 13.6. The van der Waals surface area contributed by atoms with E-state index in [1.165, 1.54) is 218 Å². The number of amides is 1. The van der Waals surface area contributed by atoms with Gasteiger partial charge in [-0.05, 0) is 63.9 Å². The van der Waals surface area contributed by atoms with Gasteiger partial charge in [-0.3, -0.25) is 18.6 Å². The lowest BCUT2D eigenvalue weighted by molar-refractivity contribution is -0.870. The number of hydrogen-bond acceptors (Lipinski definition) is 6. The van der Waals surface area contributed by atoms with Crippen molar-refractivity contribution in [1.82, 2.24) is 5.32 Å². The summed E-state index contributed by atoms with van der Waals surface area (Å²) in [5, 5.41) is 3.06. The first-order chi connectivity index (χ1) is 36.4. The number of phosphoric acid groups is 1. The number of carbonyl (C=O) groups is 2. The maximum Gasteiger partial charge on any atom is 0.472 e. The summed E-state index contributed by atoms with van der Waals surface area (Å²) >= 11 is 0. The molecule has 0 radical (unpaired) electrons. The van der Waals surface area contributed by atoms with Crippen molar-refractivity contribution < 1.29 is 37.3 Å². The predicted octanol–water partition coefficient (Wildman–Crippen LogP) is 19.9. The second-order valence-corrected chi connectivity index (χ2v) is 24.7. The molecule has 0 fully saturated rings. The van der Waals surface area contributed by atoms with Crippen LogP contribution in [0.2, 0.25) is 0 Å². The molecular formula is C65H126N2O7P+. The lowest BCUT2D eigenvalue weighted by Gasteiger charge is -2.27. The van der Waals surface area contributed by atoms with Gasteiger partial charge in [0.25, 0.3) is 0 Å². The van der Waals surface area contributed by atoms with E-state index in [2.05, 4.69) is 50.4 Å². The van der Waals surface area contributed by atoms with Crippen LogP contribution in [0.3, 0.4) is 0 Å². The van der Waals surface area contributed by atoms with Gasteiger partial charge in [0.2, 0.25) is 5.91 Å².